The fourth-order valence-electron chi connectivity index (χ4n) is 0.923. The van der Waals surface area contributed by atoms with Crippen molar-refractivity contribution in [1.82, 2.24) is 4.57 Å². The minimum absolute atomic E-state index is 0.122. The Hall–Kier alpha value is -1.78. The van der Waals surface area contributed by atoms with Gasteiger partial charge in [-0.25, -0.2) is 0 Å². The van der Waals surface area contributed by atoms with Gasteiger partial charge < -0.3 is 14.5 Å². The molecule has 0 saturated heterocycles. The van der Waals surface area contributed by atoms with E-state index in [9.17, 15) is 4.79 Å². The predicted octanol–water partition coefficient (Wildman–Crippen LogP) is 0.0348. The summed E-state index contributed by atoms with van der Waals surface area (Å²) in [5, 5.41) is 12.2. The molecule has 0 amide bonds. The van der Waals surface area contributed by atoms with E-state index in [0.717, 1.165) is 0 Å². The highest BCUT2D eigenvalue weighted by Gasteiger charge is 1.98. The summed E-state index contributed by atoms with van der Waals surface area (Å²) < 4.78 is 1.48. The van der Waals surface area contributed by atoms with Crippen molar-refractivity contribution in [3.05, 3.63) is 29.9 Å². The molecule has 1 aromatic rings. The summed E-state index contributed by atoms with van der Waals surface area (Å²) in [5.74, 6) is -0.913. The van der Waals surface area contributed by atoms with E-state index in [4.69, 9.17) is 5.11 Å². The smallest absolute Gasteiger partial charge is 0.323 e. The number of carbonyl (C=O) groups is 1. The van der Waals surface area contributed by atoms with Crippen molar-refractivity contribution in [2.24, 2.45) is 5.16 Å². The first-order valence-corrected chi connectivity index (χ1v) is 3.68. The maximum Gasteiger partial charge on any atom is 0.323 e. The van der Waals surface area contributed by atoms with Crippen LogP contribution in [0.1, 0.15) is 0 Å². The highest BCUT2D eigenvalue weighted by atomic mass is 16.6. The zero-order chi connectivity index (χ0) is 9.68. The predicted molar refractivity (Wildman–Crippen MR) is 44.6 cm³/mol. The molecule has 0 aliphatic heterocycles. The molecule has 0 saturated carbocycles. The quantitative estimate of drug-likeness (QED) is 0.671. The van der Waals surface area contributed by atoms with Gasteiger partial charge in [0.1, 0.15) is 13.7 Å². The molecule has 5 heteroatoms. The molecular weight excluding hydrogens is 172 g/mol. The van der Waals surface area contributed by atoms with Crippen molar-refractivity contribution in [3.8, 4) is 0 Å². The highest BCUT2D eigenvalue weighted by molar-refractivity contribution is 5.66. The number of carboxylic acids is 1. The van der Waals surface area contributed by atoms with Crippen molar-refractivity contribution in [2.75, 3.05) is 7.11 Å². The van der Waals surface area contributed by atoms with Crippen LogP contribution in [0.25, 0.3) is 0 Å². The number of aliphatic carboxylic acids is 1. The van der Waals surface area contributed by atoms with Crippen molar-refractivity contribution < 1.29 is 14.7 Å². The summed E-state index contributed by atoms with van der Waals surface area (Å²) in [6.45, 7) is -0.122. The molecule has 1 rings (SSSR count). The van der Waals surface area contributed by atoms with E-state index in [-0.39, 0.29) is 6.54 Å². The lowest BCUT2D eigenvalue weighted by Gasteiger charge is -2.01. The fourth-order valence-corrected chi connectivity index (χ4v) is 0.923. The summed E-state index contributed by atoms with van der Waals surface area (Å²) in [4.78, 5) is 15.0. The van der Waals surface area contributed by atoms with Gasteiger partial charge in [0, 0.05) is 6.20 Å². The Bertz CT molecular complexity index is 356. The molecule has 70 valence electrons. The Kier molecular flexibility index (Phi) is 3.08. The van der Waals surface area contributed by atoms with Gasteiger partial charge in [0.05, 0.1) is 0 Å². The third kappa shape index (κ3) is 2.62. The first-order valence-electron chi connectivity index (χ1n) is 3.68. The number of rotatable bonds is 3. The first-order chi connectivity index (χ1) is 6.24. The first kappa shape index (κ1) is 9.31. The third-order valence-electron chi connectivity index (χ3n) is 1.41. The number of aromatic nitrogens is 1. The summed E-state index contributed by atoms with van der Waals surface area (Å²) in [6, 6.07) is 5.17. The summed E-state index contributed by atoms with van der Waals surface area (Å²) in [6.07, 6.45) is 1.63. The van der Waals surface area contributed by atoms with E-state index >= 15 is 0 Å². The fraction of sp³-hybridized carbons (Fsp3) is 0.250. The van der Waals surface area contributed by atoms with Crippen LogP contribution in [0.2, 0.25) is 0 Å². The number of hydrogen-bond donors (Lipinski definition) is 1. The van der Waals surface area contributed by atoms with Gasteiger partial charge in [0.15, 0.2) is 5.49 Å². The van der Waals surface area contributed by atoms with Gasteiger partial charge in [-0.1, -0.05) is 11.2 Å². The Morgan fingerprint density at radius 3 is 3.08 bits per heavy atom. The molecule has 0 atom stereocenters. The third-order valence-corrected chi connectivity index (χ3v) is 1.41. The van der Waals surface area contributed by atoms with Crippen LogP contribution in [0, 0.1) is 0 Å². The van der Waals surface area contributed by atoms with Crippen LogP contribution >= 0.6 is 0 Å². The van der Waals surface area contributed by atoms with Crippen LogP contribution in [-0.2, 0) is 16.2 Å². The van der Waals surface area contributed by atoms with E-state index < -0.39 is 5.97 Å². The van der Waals surface area contributed by atoms with E-state index in [0.29, 0.717) is 5.49 Å². The molecule has 0 unspecified atom stereocenters. The maximum atomic E-state index is 10.4. The lowest BCUT2D eigenvalue weighted by molar-refractivity contribution is -0.137. The van der Waals surface area contributed by atoms with Crippen molar-refractivity contribution in [3.63, 3.8) is 0 Å². The van der Waals surface area contributed by atoms with Crippen LogP contribution in [0.3, 0.4) is 0 Å². The van der Waals surface area contributed by atoms with E-state index in [1.54, 1.807) is 24.4 Å². The molecule has 0 aliphatic rings. The van der Waals surface area contributed by atoms with Crippen LogP contribution < -0.4 is 5.49 Å². The lowest BCUT2D eigenvalue weighted by Crippen LogP contribution is -2.23. The second-order valence-corrected chi connectivity index (χ2v) is 2.35. The molecule has 13 heavy (non-hydrogen) atoms. The zero-order valence-electron chi connectivity index (χ0n) is 7.17. The second-order valence-electron chi connectivity index (χ2n) is 2.35. The van der Waals surface area contributed by atoms with Gasteiger partial charge in [-0.3, -0.25) is 4.79 Å². The van der Waals surface area contributed by atoms with Gasteiger partial charge in [-0.15, -0.1) is 0 Å². The molecule has 0 bridgehead atoms. The van der Waals surface area contributed by atoms with Gasteiger partial charge in [-0.05, 0) is 12.1 Å². The van der Waals surface area contributed by atoms with Gasteiger partial charge in [0.2, 0.25) is 0 Å². The minimum Gasteiger partial charge on any atom is -0.480 e. The average Bonchev–Trinajstić information content (AvgIpc) is 2.08. The van der Waals surface area contributed by atoms with Crippen molar-refractivity contribution >= 4 is 5.97 Å². The molecule has 0 radical (unpaired) electrons. The Morgan fingerprint density at radius 1 is 1.69 bits per heavy atom. The SMILES string of the molecule is CON=c1ccccn1CC(=O)O. The van der Waals surface area contributed by atoms with E-state index in [1.165, 1.54) is 11.7 Å². The minimum atomic E-state index is -0.913. The van der Waals surface area contributed by atoms with Crippen LogP contribution in [-0.4, -0.2) is 22.8 Å². The molecule has 0 fully saturated rings. The van der Waals surface area contributed by atoms with Gasteiger partial charge >= 0.3 is 5.97 Å². The van der Waals surface area contributed by atoms with Crippen molar-refractivity contribution in [1.29, 1.82) is 0 Å². The number of pyridine rings is 1. The van der Waals surface area contributed by atoms with Crippen LogP contribution in [0.5, 0.6) is 0 Å². The standard InChI is InChI=1S/C8H10N2O3/c1-13-9-7-4-2-3-5-10(7)6-8(11)12/h2-5H,6H2,1H3,(H,11,12). The zero-order valence-corrected chi connectivity index (χ0v) is 7.17. The number of nitrogens with zero attached hydrogens (tertiary/aromatic N) is 2. The largest absolute Gasteiger partial charge is 0.480 e. The van der Waals surface area contributed by atoms with Gasteiger partial charge in [0.25, 0.3) is 0 Å². The molecule has 1 N–H and O–H groups in total. The monoisotopic (exact) mass is 182 g/mol. The Balaban J connectivity index is 3.05. The normalized spacial score (nSPS) is 11.3. The number of hydrogen-bond acceptors (Lipinski definition) is 3. The average molecular weight is 182 g/mol. The van der Waals surface area contributed by atoms with E-state index in [1.807, 2.05) is 0 Å². The van der Waals surface area contributed by atoms with Crippen LogP contribution in [0.4, 0.5) is 0 Å². The molecule has 5 nitrogen and oxygen atoms in total. The Labute approximate surface area is 74.9 Å². The number of carboxylic acid groups (broad SMARTS) is 1. The topological polar surface area (TPSA) is 63.8 Å². The van der Waals surface area contributed by atoms with Gasteiger partial charge in [-0.2, -0.15) is 0 Å². The Morgan fingerprint density at radius 2 is 2.46 bits per heavy atom. The molecule has 0 aliphatic carbocycles. The molecular formula is C8H10N2O3. The molecule has 0 spiro atoms. The van der Waals surface area contributed by atoms with E-state index in [2.05, 4.69) is 9.99 Å². The summed E-state index contributed by atoms with van der Waals surface area (Å²) in [7, 11) is 1.41. The molecule has 1 heterocycles. The summed E-state index contributed by atoms with van der Waals surface area (Å²) >= 11 is 0. The second kappa shape index (κ2) is 4.30. The summed E-state index contributed by atoms with van der Waals surface area (Å²) in [5.41, 5.74) is 0.479. The lowest BCUT2D eigenvalue weighted by atomic mass is 10.4. The maximum absolute atomic E-state index is 10.4. The van der Waals surface area contributed by atoms with Crippen molar-refractivity contribution in [2.45, 2.75) is 6.54 Å². The molecule has 0 aromatic carbocycles. The molecule has 1 aromatic heterocycles. The highest BCUT2D eigenvalue weighted by Crippen LogP contribution is 1.82. The van der Waals surface area contributed by atoms with Crippen LogP contribution in [0.15, 0.2) is 29.6 Å².